The van der Waals surface area contributed by atoms with Crippen molar-refractivity contribution in [1.29, 1.82) is 0 Å². The molecular weight excluding hydrogens is 430 g/mol. The summed E-state index contributed by atoms with van der Waals surface area (Å²) in [6, 6.07) is 6.28. The summed E-state index contributed by atoms with van der Waals surface area (Å²) in [4.78, 5) is 23.3. The predicted molar refractivity (Wildman–Crippen MR) is 131 cm³/mol. The fourth-order valence-corrected chi connectivity index (χ4v) is 5.87. The lowest BCUT2D eigenvalue weighted by Gasteiger charge is -2.39. The van der Waals surface area contributed by atoms with Crippen molar-refractivity contribution in [3.05, 3.63) is 36.0 Å². The number of hydrogen-bond acceptors (Lipinski definition) is 7. The van der Waals surface area contributed by atoms with Crippen LogP contribution in [0, 0.1) is 11.8 Å². The second-order valence-corrected chi connectivity index (χ2v) is 10.2. The van der Waals surface area contributed by atoms with Crippen LogP contribution in [0.4, 0.5) is 11.5 Å². The maximum absolute atomic E-state index is 10.2. The second-order valence-electron chi connectivity index (χ2n) is 10.2. The molecule has 9 nitrogen and oxygen atoms in total. The van der Waals surface area contributed by atoms with Gasteiger partial charge in [-0.25, -0.2) is 15.0 Å². The molecule has 4 heterocycles. The molecule has 3 aliphatic rings. The molecule has 9 heteroatoms. The van der Waals surface area contributed by atoms with E-state index in [1.165, 1.54) is 25.7 Å². The van der Waals surface area contributed by atoms with E-state index in [1.807, 2.05) is 0 Å². The fourth-order valence-electron chi connectivity index (χ4n) is 5.87. The Labute approximate surface area is 198 Å². The molecule has 2 aromatic heterocycles. The van der Waals surface area contributed by atoms with Gasteiger partial charge >= 0.3 is 0 Å². The number of β-amino-alcohol motifs (C(OH)–C–C–N with tert-alkyl or cyclic N) is 1. The van der Waals surface area contributed by atoms with Gasteiger partial charge in [0.15, 0.2) is 5.82 Å². The first-order valence-corrected chi connectivity index (χ1v) is 12.5. The van der Waals surface area contributed by atoms with Crippen molar-refractivity contribution in [2.75, 3.05) is 18.1 Å². The largest absolute Gasteiger partial charge is 0.396 e. The highest BCUT2D eigenvalue weighted by atomic mass is 16.3. The molecule has 2 aliphatic heterocycles. The Hall–Kier alpha value is -2.75. The zero-order valence-electron chi connectivity index (χ0n) is 19.5. The molecule has 2 fully saturated rings. The molecule has 6 rings (SSSR count). The first-order chi connectivity index (χ1) is 16.6. The third-order valence-electron chi connectivity index (χ3n) is 7.97. The lowest BCUT2D eigenvalue weighted by atomic mass is 9.80. The van der Waals surface area contributed by atoms with Gasteiger partial charge in [-0.3, -0.25) is 0 Å². The Balaban J connectivity index is 1.34. The second kappa shape index (κ2) is 8.79. The van der Waals surface area contributed by atoms with Crippen molar-refractivity contribution in [2.45, 2.75) is 63.6 Å². The standard InChI is InChI=1S/C25H33N7O2/c1-14-4-2-3-5-17(14)23-29-18-7-6-16(9-19(18)30-23)32-11-21-24(28-13-27-21)31-25(32)20-8-15(12-33)22(34)10-26-20/h6-7,9,13-15,17,20,22,26,33-34H,2-5,8,10-12H2,1H3,(H,27,28)(H,29,30)/t14-,15-,17+,20?,22+/m1/s1. The van der Waals surface area contributed by atoms with Crippen molar-refractivity contribution >= 4 is 28.4 Å². The number of aromatic amines is 2. The maximum atomic E-state index is 10.2. The number of rotatable bonds is 4. The monoisotopic (exact) mass is 463 g/mol. The third-order valence-corrected chi connectivity index (χ3v) is 7.97. The molecular formula is C25H33N7O2. The molecule has 3 aromatic rings. The van der Waals surface area contributed by atoms with E-state index in [-0.39, 0.29) is 18.6 Å². The number of nitrogens with zero attached hydrogens (tertiary/aromatic N) is 4. The fraction of sp³-hybridized carbons (Fsp3) is 0.560. The Morgan fingerprint density at radius 3 is 2.94 bits per heavy atom. The van der Waals surface area contributed by atoms with Crippen LogP contribution in [0.5, 0.6) is 0 Å². The van der Waals surface area contributed by atoms with Crippen LogP contribution in [0.2, 0.25) is 0 Å². The van der Waals surface area contributed by atoms with Crippen molar-refractivity contribution in [3.63, 3.8) is 0 Å². The number of imidazole rings is 2. The van der Waals surface area contributed by atoms with E-state index in [4.69, 9.17) is 9.98 Å². The van der Waals surface area contributed by atoms with E-state index < -0.39 is 6.10 Å². The van der Waals surface area contributed by atoms with Crippen LogP contribution < -0.4 is 10.2 Å². The number of aromatic nitrogens is 4. The minimum Gasteiger partial charge on any atom is -0.396 e. The quantitative estimate of drug-likeness (QED) is 0.405. The number of piperidine rings is 1. The highest BCUT2D eigenvalue weighted by molar-refractivity contribution is 6.04. The third kappa shape index (κ3) is 3.81. The highest BCUT2D eigenvalue weighted by Crippen LogP contribution is 2.37. The lowest BCUT2D eigenvalue weighted by Crippen LogP contribution is -2.55. The van der Waals surface area contributed by atoms with Gasteiger partial charge in [0.1, 0.15) is 11.7 Å². The number of aliphatic hydroxyl groups excluding tert-OH is 2. The van der Waals surface area contributed by atoms with Gasteiger partial charge in [-0.15, -0.1) is 0 Å². The highest BCUT2D eigenvalue weighted by Gasteiger charge is 2.36. The molecule has 0 spiro atoms. The van der Waals surface area contributed by atoms with Crippen molar-refractivity contribution in [2.24, 2.45) is 16.8 Å². The Kier molecular flexibility index (Phi) is 5.63. The van der Waals surface area contributed by atoms with E-state index >= 15 is 0 Å². The molecule has 1 saturated heterocycles. The van der Waals surface area contributed by atoms with Gasteiger partial charge in [0.25, 0.3) is 0 Å². The number of fused-ring (bicyclic) bond motifs is 2. The molecule has 5 atom stereocenters. The van der Waals surface area contributed by atoms with Crippen molar-refractivity contribution < 1.29 is 10.2 Å². The summed E-state index contributed by atoms with van der Waals surface area (Å²) in [6.45, 7) is 3.36. The van der Waals surface area contributed by atoms with E-state index in [1.54, 1.807) is 6.33 Å². The number of benzene rings is 1. The Bertz CT molecular complexity index is 1200. The SMILES string of the molecule is C[C@@H]1CCCC[C@@H]1c1nc2ccc(N3Cc4[nH]cnc4N=C3C3C[C@H](CO)[C@@H](O)CN3)cc2[nH]1. The van der Waals surface area contributed by atoms with Crippen LogP contribution in [0.1, 0.15) is 56.5 Å². The molecule has 180 valence electrons. The average Bonchev–Trinajstić information content (AvgIpc) is 3.49. The van der Waals surface area contributed by atoms with Crippen LogP contribution >= 0.6 is 0 Å². The Morgan fingerprint density at radius 1 is 1.21 bits per heavy atom. The van der Waals surface area contributed by atoms with Crippen molar-refractivity contribution in [3.8, 4) is 0 Å². The van der Waals surface area contributed by atoms with E-state index in [0.717, 1.165) is 34.1 Å². The molecule has 1 aromatic carbocycles. The zero-order chi connectivity index (χ0) is 23.2. The molecule has 0 bridgehead atoms. The topological polar surface area (TPSA) is 125 Å². The summed E-state index contributed by atoms with van der Waals surface area (Å²) in [5.74, 6) is 3.65. The van der Waals surface area contributed by atoms with E-state index in [0.29, 0.717) is 37.2 Å². The minimum atomic E-state index is -0.554. The lowest BCUT2D eigenvalue weighted by molar-refractivity contribution is 0.0398. The van der Waals surface area contributed by atoms with E-state index in [2.05, 4.69) is 50.3 Å². The zero-order valence-corrected chi connectivity index (χ0v) is 19.5. The first-order valence-electron chi connectivity index (χ1n) is 12.5. The summed E-state index contributed by atoms with van der Waals surface area (Å²) in [5, 5.41) is 23.4. The van der Waals surface area contributed by atoms with Gasteiger partial charge < -0.3 is 30.4 Å². The first kappa shape index (κ1) is 21.8. The van der Waals surface area contributed by atoms with Crippen LogP contribution in [-0.2, 0) is 6.54 Å². The molecule has 1 unspecified atom stereocenters. The summed E-state index contributed by atoms with van der Waals surface area (Å²) in [6.07, 6.45) is 6.80. The molecule has 1 aliphatic carbocycles. The van der Waals surface area contributed by atoms with Gasteiger partial charge in [0.05, 0.1) is 41.7 Å². The van der Waals surface area contributed by atoms with Gasteiger partial charge in [-0.2, -0.15) is 0 Å². The predicted octanol–water partition coefficient (Wildman–Crippen LogP) is 2.96. The smallest absolute Gasteiger partial charge is 0.176 e. The van der Waals surface area contributed by atoms with Crippen molar-refractivity contribution in [1.82, 2.24) is 25.3 Å². The molecule has 0 radical (unpaired) electrons. The normalized spacial score (nSPS) is 29.8. The van der Waals surface area contributed by atoms with Crippen LogP contribution in [0.3, 0.4) is 0 Å². The number of anilines is 1. The number of H-pyrrole nitrogens is 2. The summed E-state index contributed by atoms with van der Waals surface area (Å²) >= 11 is 0. The Morgan fingerprint density at radius 2 is 2.09 bits per heavy atom. The molecule has 1 saturated carbocycles. The number of amidine groups is 1. The molecule has 5 N–H and O–H groups in total. The number of aliphatic imine (C=N–C) groups is 1. The summed E-state index contributed by atoms with van der Waals surface area (Å²) in [5.41, 5.74) is 4.04. The maximum Gasteiger partial charge on any atom is 0.176 e. The summed E-state index contributed by atoms with van der Waals surface area (Å²) < 4.78 is 0. The number of aliphatic hydroxyl groups is 2. The number of nitrogens with one attached hydrogen (secondary N) is 3. The molecule has 0 amide bonds. The average molecular weight is 464 g/mol. The van der Waals surface area contributed by atoms with Crippen LogP contribution in [0.25, 0.3) is 11.0 Å². The van der Waals surface area contributed by atoms with Crippen LogP contribution in [0.15, 0.2) is 29.5 Å². The van der Waals surface area contributed by atoms with Gasteiger partial charge in [0, 0.05) is 30.7 Å². The van der Waals surface area contributed by atoms with Gasteiger partial charge in [-0.05, 0) is 37.0 Å². The summed E-state index contributed by atoms with van der Waals surface area (Å²) in [7, 11) is 0. The minimum absolute atomic E-state index is 0.0389. The number of hydrogen-bond donors (Lipinski definition) is 5. The van der Waals surface area contributed by atoms with E-state index in [9.17, 15) is 10.2 Å². The molecule has 34 heavy (non-hydrogen) atoms. The van der Waals surface area contributed by atoms with Gasteiger partial charge in [-0.1, -0.05) is 26.2 Å². The van der Waals surface area contributed by atoms with Gasteiger partial charge in [0.2, 0.25) is 0 Å². The van der Waals surface area contributed by atoms with Crippen LogP contribution in [-0.4, -0.2) is 61.3 Å².